The monoisotopic (exact) mass is 244 g/mol. The lowest BCUT2D eigenvalue weighted by molar-refractivity contribution is 0.404. The molecule has 18 heavy (non-hydrogen) atoms. The molecular formula is C13H16N4O. The third-order valence-electron chi connectivity index (χ3n) is 2.78. The first-order valence-electron chi connectivity index (χ1n) is 5.62. The maximum Gasteiger partial charge on any atom is 0.124 e. The van der Waals surface area contributed by atoms with E-state index in [1.807, 2.05) is 25.1 Å². The fourth-order valence-corrected chi connectivity index (χ4v) is 1.88. The predicted molar refractivity (Wildman–Crippen MR) is 68.9 cm³/mol. The largest absolute Gasteiger partial charge is 0.496 e. The van der Waals surface area contributed by atoms with Gasteiger partial charge in [-0.05, 0) is 18.6 Å². The van der Waals surface area contributed by atoms with Gasteiger partial charge in [0.15, 0.2) is 0 Å². The molecule has 5 heteroatoms. The second-order valence-electron chi connectivity index (χ2n) is 4.02. The molecule has 0 bridgehead atoms. The first-order chi connectivity index (χ1) is 8.76. The molecule has 5 nitrogen and oxygen atoms in total. The number of nitrogens with one attached hydrogen (secondary N) is 1. The summed E-state index contributed by atoms with van der Waals surface area (Å²) < 4.78 is 5.39. The molecule has 0 saturated heterocycles. The van der Waals surface area contributed by atoms with Crippen LogP contribution in [0.3, 0.4) is 0 Å². The van der Waals surface area contributed by atoms with Gasteiger partial charge >= 0.3 is 0 Å². The van der Waals surface area contributed by atoms with E-state index in [9.17, 15) is 0 Å². The Hall–Kier alpha value is -1.98. The highest BCUT2D eigenvalue weighted by atomic mass is 16.5. The molecule has 1 heterocycles. The quantitative estimate of drug-likeness (QED) is 0.627. The zero-order valence-corrected chi connectivity index (χ0v) is 10.4. The smallest absolute Gasteiger partial charge is 0.124 e. The molecule has 0 radical (unpaired) electrons. The van der Waals surface area contributed by atoms with E-state index >= 15 is 0 Å². The van der Waals surface area contributed by atoms with Gasteiger partial charge in [-0.1, -0.05) is 12.1 Å². The van der Waals surface area contributed by atoms with E-state index in [1.54, 1.807) is 19.5 Å². The van der Waals surface area contributed by atoms with E-state index in [1.165, 1.54) is 6.33 Å². The molecule has 0 aliphatic heterocycles. The van der Waals surface area contributed by atoms with Crippen LogP contribution in [-0.2, 0) is 0 Å². The third-order valence-corrected chi connectivity index (χ3v) is 2.78. The number of aryl methyl sites for hydroxylation is 1. The van der Waals surface area contributed by atoms with Gasteiger partial charge in [-0.2, -0.15) is 0 Å². The molecular weight excluding hydrogens is 228 g/mol. The Bertz CT molecular complexity index is 516. The molecule has 2 aromatic rings. The Morgan fingerprint density at radius 1 is 1.28 bits per heavy atom. The van der Waals surface area contributed by atoms with Crippen molar-refractivity contribution in [3.8, 4) is 5.75 Å². The highest BCUT2D eigenvalue weighted by Crippen LogP contribution is 2.29. The Balaban J connectivity index is 2.45. The van der Waals surface area contributed by atoms with Crippen molar-refractivity contribution >= 4 is 0 Å². The summed E-state index contributed by atoms with van der Waals surface area (Å²) in [7, 11) is 1.65. The minimum atomic E-state index is -0.193. The number of hydrogen-bond acceptors (Lipinski definition) is 5. The van der Waals surface area contributed by atoms with Crippen LogP contribution in [0.5, 0.6) is 5.75 Å². The van der Waals surface area contributed by atoms with Crippen molar-refractivity contribution in [2.24, 2.45) is 5.84 Å². The summed E-state index contributed by atoms with van der Waals surface area (Å²) in [5.74, 6) is 6.43. The summed E-state index contributed by atoms with van der Waals surface area (Å²) in [6.07, 6.45) is 4.96. The average molecular weight is 244 g/mol. The van der Waals surface area contributed by atoms with E-state index in [2.05, 4.69) is 15.4 Å². The Kier molecular flexibility index (Phi) is 3.86. The van der Waals surface area contributed by atoms with Gasteiger partial charge in [0.25, 0.3) is 0 Å². The maximum absolute atomic E-state index is 5.64. The number of aromatic nitrogens is 2. The average Bonchev–Trinajstić information content (AvgIpc) is 2.42. The van der Waals surface area contributed by atoms with Crippen LogP contribution in [0, 0.1) is 6.92 Å². The number of rotatable bonds is 4. The number of hydrazine groups is 1. The molecule has 1 atom stereocenters. The fraction of sp³-hybridized carbons (Fsp3) is 0.231. The van der Waals surface area contributed by atoms with Crippen molar-refractivity contribution in [1.29, 1.82) is 0 Å². The van der Waals surface area contributed by atoms with E-state index in [0.717, 1.165) is 22.4 Å². The standard InChI is InChI=1S/C13H16N4O/c1-9-3-4-11(12(5-9)18-2)13(17-14)10-6-15-8-16-7-10/h3-8,13,17H,14H2,1-2H3. The fourth-order valence-electron chi connectivity index (χ4n) is 1.88. The lowest BCUT2D eigenvalue weighted by atomic mass is 9.99. The van der Waals surface area contributed by atoms with Crippen LogP contribution < -0.4 is 16.0 Å². The molecule has 0 amide bonds. The molecule has 0 saturated carbocycles. The molecule has 3 N–H and O–H groups in total. The van der Waals surface area contributed by atoms with Gasteiger partial charge in [-0.3, -0.25) is 5.84 Å². The van der Waals surface area contributed by atoms with Gasteiger partial charge in [-0.25, -0.2) is 15.4 Å². The topological polar surface area (TPSA) is 73.1 Å². The molecule has 1 unspecified atom stereocenters. The summed E-state index contributed by atoms with van der Waals surface area (Å²) >= 11 is 0. The Morgan fingerprint density at radius 3 is 2.61 bits per heavy atom. The number of hydrogen-bond donors (Lipinski definition) is 2. The van der Waals surface area contributed by atoms with Gasteiger partial charge in [0.1, 0.15) is 12.1 Å². The van der Waals surface area contributed by atoms with E-state index in [-0.39, 0.29) is 6.04 Å². The summed E-state index contributed by atoms with van der Waals surface area (Å²) in [6, 6.07) is 5.79. The molecule has 0 aliphatic carbocycles. The molecule has 2 rings (SSSR count). The van der Waals surface area contributed by atoms with Crippen molar-refractivity contribution in [3.63, 3.8) is 0 Å². The summed E-state index contributed by atoms with van der Waals surface area (Å²) in [5.41, 5.74) is 5.75. The second-order valence-corrected chi connectivity index (χ2v) is 4.02. The third kappa shape index (κ3) is 2.47. The minimum Gasteiger partial charge on any atom is -0.496 e. The molecule has 1 aromatic heterocycles. The second kappa shape index (κ2) is 5.57. The SMILES string of the molecule is COc1cc(C)ccc1C(NN)c1cncnc1. The van der Waals surface area contributed by atoms with E-state index in [4.69, 9.17) is 10.6 Å². The lowest BCUT2D eigenvalue weighted by Crippen LogP contribution is -2.29. The first-order valence-corrected chi connectivity index (χ1v) is 5.62. The predicted octanol–water partition coefficient (Wildman–Crippen LogP) is 1.35. The minimum absolute atomic E-state index is 0.193. The number of ether oxygens (including phenoxy) is 1. The summed E-state index contributed by atoms with van der Waals surface area (Å²) in [4.78, 5) is 8.01. The summed E-state index contributed by atoms with van der Waals surface area (Å²) in [5, 5.41) is 0. The number of nitrogens with zero attached hydrogens (tertiary/aromatic N) is 2. The maximum atomic E-state index is 5.64. The van der Waals surface area contributed by atoms with Crippen molar-refractivity contribution < 1.29 is 4.74 Å². The molecule has 0 aliphatic rings. The van der Waals surface area contributed by atoms with Gasteiger partial charge in [-0.15, -0.1) is 0 Å². The molecule has 1 aromatic carbocycles. The lowest BCUT2D eigenvalue weighted by Gasteiger charge is -2.19. The van der Waals surface area contributed by atoms with E-state index < -0.39 is 0 Å². The Morgan fingerprint density at radius 2 is 2.00 bits per heavy atom. The normalized spacial score (nSPS) is 12.2. The van der Waals surface area contributed by atoms with Crippen LogP contribution in [-0.4, -0.2) is 17.1 Å². The van der Waals surface area contributed by atoms with Crippen molar-refractivity contribution in [3.05, 3.63) is 53.6 Å². The van der Waals surface area contributed by atoms with Crippen LogP contribution in [0.1, 0.15) is 22.7 Å². The number of nitrogens with two attached hydrogens (primary N) is 1. The van der Waals surface area contributed by atoms with Crippen molar-refractivity contribution in [2.45, 2.75) is 13.0 Å². The van der Waals surface area contributed by atoms with Crippen LogP contribution >= 0.6 is 0 Å². The first kappa shape index (κ1) is 12.5. The zero-order chi connectivity index (χ0) is 13.0. The zero-order valence-electron chi connectivity index (χ0n) is 10.4. The Labute approximate surface area is 106 Å². The van der Waals surface area contributed by atoms with Crippen LogP contribution in [0.4, 0.5) is 0 Å². The number of benzene rings is 1. The van der Waals surface area contributed by atoms with Crippen LogP contribution in [0.25, 0.3) is 0 Å². The summed E-state index contributed by atoms with van der Waals surface area (Å²) in [6.45, 7) is 2.02. The van der Waals surface area contributed by atoms with Crippen molar-refractivity contribution in [2.75, 3.05) is 7.11 Å². The van der Waals surface area contributed by atoms with Crippen LogP contribution in [0.15, 0.2) is 36.9 Å². The van der Waals surface area contributed by atoms with Gasteiger partial charge < -0.3 is 4.74 Å². The van der Waals surface area contributed by atoms with E-state index in [0.29, 0.717) is 0 Å². The highest BCUT2D eigenvalue weighted by molar-refractivity contribution is 5.42. The highest BCUT2D eigenvalue weighted by Gasteiger charge is 2.17. The van der Waals surface area contributed by atoms with Gasteiger partial charge in [0.05, 0.1) is 13.2 Å². The van der Waals surface area contributed by atoms with Crippen molar-refractivity contribution in [1.82, 2.24) is 15.4 Å². The molecule has 0 spiro atoms. The van der Waals surface area contributed by atoms with Crippen LogP contribution in [0.2, 0.25) is 0 Å². The molecule has 94 valence electrons. The van der Waals surface area contributed by atoms with Gasteiger partial charge in [0.2, 0.25) is 0 Å². The number of methoxy groups -OCH3 is 1. The van der Waals surface area contributed by atoms with Gasteiger partial charge in [0, 0.05) is 23.5 Å². The molecule has 0 fully saturated rings.